The van der Waals surface area contributed by atoms with Gasteiger partial charge in [0.15, 0.2) is 0 Å². The van der Waals surface area contributed by atoms with Crippen LogP contribution in [0.3, 0.4) is 0 Å². The topological polar surface area (TPSA) is 49.4 Å². The van der Waals surface area contributed by atoms with Crippen molar-refractivity contribution >= 4 is 21.6 Å². The summed E-state index contributed by atoms with van der Waals surface area (Å²) in [7, 11) is -3.17. The smallest absolute Gasteiger partial charge is 0.212 e. The molecule has 1 heterocycles. The average molecular weight is 281 g/mol. The summed E-state index contributed by atoms with van der Waals surface area (Å²) in [6.07, 6.45) is 3.50. The molecule has 100 valence electrons. The molecule has 2 aliphatic rings. The zero-order chi connectivity index (χ0) is 12.5. The molecule has 2 unspecified atom stereocenters. The summed E-state index contributed by atoms with van der Waals surface area (Å²) in [5.41, 5.74) is 0. The Bertz CT molecular complexity index is 356. The van der Waals surface area contributed by atoms with Crippen LogP contribution in [-0.4, -0.2) is 50.1 Å². The van der Waals surface area contributed by atoms with Gasteiger partial charge in [0.2, 0.25) is 10.0 Å². The minimum absolute atomic E-state index is 0.00936. The monoisotopic (exact) mass is 280 g/mol. The molecular formula is C11H21ClN2O2S. The van der Waals surface area contributed by atoms with Crippen LogP contribution in [0.5, 0.6) is 0 Å². The van der Waals surface area contributed by atoms with Crippen LogP contribution in [0.4, 0.5) is 0 Å². The molecule has 0 amide bonds. The lowest BCUT2D eigenvalue weighted by Gasteiger charge is -2.17. The third-order valence-corrected chi connectivity index (χ3v) is 5.62. The van der Waals surface area contributed by atoms with Gasteiger partial charge < -0.3 is 0 Å². The first-order chi connectivity index (χ1) is 8.00. The Kier molecular flexibility index (Phi) is 4.34. The Morgan fingerprint density at radius 3 is 2.71 bits per heavy atom. The highest BCUT2D eigenvalue weighted by Crippen LogP contribution is 2.29. The molecule has 6 heteroatoms. The quantitative estimate of drug-likeness (QED) is 0.739. The molecule has 1 saturated carbocycles. The average Bonchev–Trinajstić information content (AvgIpc) is 2.99. The zero-order valence-corrected chi connectivity index (χ0v) is 11.8. The van der Waals surface area contributed by atoms with Crippen molar-refractivity contribution in [3.8, 4) is 0 Å². The first-order valence-electron chi connectivity index (χ1n) is 6.30. The number of nitrogens with one attached hydrogen (secondary N) is 1. The van der Waals surface area contributed by atoms with E-state index in [-0.39, 0.29) is 17.7 Å². The second kappa shape index (κ2) is 5.43. The lowest BCUT2D eigenvalue weighted by Crippen LogP contribution is -2.39. The van der Waals surface area contributed by atoms with Crippen LogP contribution in [-0.2, 0) is 10.0 Å². The van der Waals surface area contributed by atoms with Crippen LogP contribution in [0.1, 0.15) is 26.2 Å². The first kappa shape index (κ1) is 13.6. The fourth-order valence-corrected chi connectivity index (χ4v) is 4.28. The van der Waals surface area contributed by atoms with Gasteiger partial charge in [-0.05, 0) is 25.2 Å². The molecule has 1 aliphatic carbocycles. The zero-order valence-electron chi connectivity index (χ0n) is 10.2. The van der Waals surface area contributed by atoms with Crippen molar-refractivity contribution in [2.24, 2.45) is 5.92 Å². The molecule has 2 atom stereocenters. The van der Waals surface area contributed by atoms with Gasteiger partial charge in [0.1, 0.15) is 0 Å². The third kappa shape index (κ3) is 4.09. The van der Waals surface area contributed by atoms with Crippen molar-refractivity contribution < 1.29 is 8.42 Å². The number of hydrogen-bond acceptors (Lipinski definition) is 3. The molecule has 17 heavy (non-hydrogen) atoms. The summed E-state index contributed by atoms with van der Waals surface area (Å²) in [5.74, 6) is 0.533. The molecule has 0 spiro atoms. The molecule has 1 N–H and O–H groups in total. The summed E-state index contributed by atoms with van der Waals surface area (Å²) in [6.45, 7) is 3.76. The third-order valence-electron chi connectivity index (χ3n) is 3.40. The van der Waals surface area contributed by atoms with Crippen LogP contribution in [0.15, 0.2) is 0 Å². The van der Waals surface area contributed by atoms with Crippen LogP contribution < -0.4 is 4.72 Å². The molecule has 0 aromatic heterocycles. The Hall–Kier alpha value is 0.160. The van der Waals surface area contributed by atoms with Crippen LogP contribution in [0, 0.1) is 5.92 Å². The largest absolute Gasteiger partial charge is 0.299 e. The second-order valence-electron chi connectivity index (χ2n) is 5.37. The van der Waals surface area contributed by atoms with E-state index in [0.717, 1.165) is 25.6 Å². The molecule has 2 fully saturated rings. The second-order valence-corrected chi connectivity index (χ2v) is 7.48. The highest BCUT2D eigenvalue weighted by molar-refractivity contribution is 7.89. The standard InChI is InChI=1S/C11H21ClN2O2S/c1-9(6-12)8-17(15,16)13-10-4-5-14(7-10)11-2-3-11/h9-11,13H,2-8H2,1H3. The van der Waals surface area contributed by atoms with E-state index in [1.165, 1.54) is 12.8 Å². The lowest BCUT2D eigenvalue weighted by molar-refractivity contribution is 0.322. The Morgan fingerprint density at radius 2 is 2.12 bits per heavy atom. The van der Waals surface area contributed by atoms with E-state index in [1.54, 1.807) is 0 Å². The van der Waals surface area contributed by atoms with Gasteiger partial charge in [-0.15, -0.1) is 11.6 Å². The van der Waals surface area contributed by atoms with Crippen LogP contribution in [0.25, 0.3) is 0 Å². The SMILES string of the molecule is CC(CCl)CS(=O)(=O)NC1CCN(C2CC2)C1. The fourth-order valence-electron chi connectivity index (χ4n) is 2.38. The number of rotatable bonds is 6. The Labute approximate surface area is 109 Å². The van der Waals surface area contributed by atoms with E-state index in [9.17, 15) is 8.42 Å². The van der Waals surface area contributed by atoms with Gasteiger partial charge in [0, 0.05) is 31.1 Å². The van der Waals surface area contributed by atoms with E-state index in [0.29, 0.717) is 5.88 Å². The summed E-state index contributed by atoms with van der Waals surface area (Å²) in [6, 6.07) is 0.828. The lowest BCUT2D eigenvalue weighted by atomic mass is 10.3. The van der Waals surface area contributed by atoms with Gasteiger partial charge in [-0.1, -0.05) is 6.92 Å². The van der Waals surface area contributed by atoms with Crippen molar-refractivity contribution in [2.75, 3.05) is 24.7 Å². The van der Waals surface area contributed by atoms with Gasteiger partial charge >= 0.3 is 0 Å². The molecule has 0 aromatic carbocycles. The summed E-state index contributed by atoms with van der Waals surface area (Å²) in [4.78, 5) is 2.40. The van der Waals surface area contributed by atoms with Crippen molar-refractivity contribution in [1.29, 1.82) is 0 Å². The summed E-state index contributed by atoms with van der Waals surface area (Å²) >= 11 is 5.65. The van der Waals surface area contributed by atoms with Crippen molar-refractivity contribution in [2.45, 2.75) is 38.3 Å². The van der Waals surface area contributed by atoms with E-state index in [2.05, 4.69) is 9.62 Å². The maximum Gasteiger partial charge on any atom is 0.212 e. The number of halogens is 1. The predicted molar refractivity (Wildman–Crippen MR) is 69.8 cm³/mol. The van der Waals surface area contributed by atoms with E-state index in [4.69, 9.17) is 11.6 Å². The van der Waals surface area contributed by atoms with Crippen molar-refractivity contribution in [1.82, 2.24) is 9.62 Å². The van der Waals surface area contributed by atoms with Gasteiger partial charge in [-0.2, -0.15) is 0 Å². The normalized spacial score (nSPS) is 28.5. The number of nitrogens with zero attached hydrogens (tertiary/aromatic N) is 1. The Balaban J connectivity index is 1.80. The number of likely N-dealkylation sites (tertiary alicyclic amines) is 1. The number of hydrogen-bond donors (Lipinski definition) is 1. The van der Waals surface area contributed by atoms with Gasteiger partial charge in [-0.25, -0.2) is 13.1 Å². The van der Waals surface area contributed by atoms with Crippen LogP contribution >= 0.6 is 11.6 Å². The minimum Gasteiger partial charge on any atom is -0.299 e. The van der Waals surface area contributed by atoms with E-state index < -0.39 is 10.0 Å². The highest BCUT2D eigenvalue weighted by atomic mass is 35.5. The maximum atomic E-state index is 11.9. The first-order valence-corrected chi connectivity index (χ1v) is 8.49. The van der Waals surface area contributed by atoms with Crippen molar-refractivity contribution in [3.05, 3.63) is 0 Å². The fraction of sp³-hybridized carbons (Fsp3) is 1.00. The molecule has 0 bridgehead atoms. The molecule has 1 aliphatic heterocycles. The maximum absolute atomic E-state index is 11.9. The molecule has 4 nitrogen and oxygen atoms in total. The minimum atomic E-state index is -3.17. The Morgan fingerprint density at radius 1 is 1.41 bits per heavy atom. The number of sulfonamides is 1. The molecule has 0 aromatic rings. The molecule has 0 radical (unpaired) electrons. The predicted octanol–water partition coefficient (Wildman–Crippen LogP) is 1.02. The molecule has 2 rings (SSSR count). The van der Waals surface area contributed by atoms with E-state index in [1.807, 2.05) is 6.92 Å². The van der Waals surface area contributed by atoms with Crippen LogP contribution in [0.2, 0.25) is 0 Å². The number of alkyl halides is 1. The highest BCUT2D eigenvalue weighted by Gasteiger charge is 2.35. The van der Waals surface area contributed by atoms with E-state index >= 15 is 0 Å². The summed E-state index contributed by atoms with van der Waals surface area (Å²) in [5, 5.41) is 0. The van der Waals surface area contributed by atoms with Gasteiger partial charge in [0.25, 0.3) is 0 Å². The van der Waals surface area contributed by atoms with Gasteiger partial charge in [0.05, 0.1) is 5.75 Å². The molecular weight excluding hydrogens is 260 g/mol. The summed E-state index contributed by atoms with van der Waals surface area (Å²) < 4.78 is 26.5. The van der Waals surface area contributed by atoms with Gasteiger partial charge in [-0.3, -0.25) is 4.90 Å². The molecule has 1 saturated heterocycles. The van der Waals surface area contributed by atoms with Crippen molar-refractivity contribution in [3.63, 3.8) is 0 Å².